The zero-order valence-electron chi connectivity index (χ0n) is 8.73. The average Bonchev–Trinajstić information content (AvgIpc) is 2.73. The van der Waals surface area contributed by atoms with E-state index >= 15 is 0 Å². The lowest BCUT2D eigenvalue weighted by Gasteiger charge is -1.96. The van der Waals surface area contributed by atoms with Crippen molar-refractivity contribution in [2.75, 3.05) is 6.26 Å². The van der Waals surface area contributed by atoms with E-state index < -0.39 is 0 Å². The first kappa shape index (κ1) is 11.2. The summed E-state index contributed by atoms with van der Waals surface area (Å²) in [4.78, 5) is 3.18. The second kappa shape index (κ2) is 5.14. The first-order chi connectivity index (χ1) is 7.81. The molecule has 0 radical (unpaired) electrons. The summed E-state index contributed by atoms with van der Waals surface area (Å²) in [5, 5.41) is 5.23. The van der Waals surface area contributed by atoms with Gasteiger partial charge in [-0.25, -0.2) is 0 Å². The fourth-order valence-corrected chi connectivity index (χ4v) is 1.60. The van der Waals surface area contributed by atoms with Crippen LogP contribution in [0.3, 0.4) is 0 Å². The number of rotatable bonds is 2. The standard InChI is InChI=1S/C11H11N3S2/c1-16-11(15)14-13-7-8-6-12-10-5-3-2-4-9(8)10/h2-7,12H,1H3,(H,14,15). The topological polar surface area (TPSA) is 40.2 Å². The number of aromatic nitrogens is 1. The Morgan fingerprint density at radius 2 is 2.31 bits per heavy atom. The highest BCUT2D eigenvalue weighted by molar-refractivity contribution is 8.22. The van der Waals surface area contributed by atoms with Crippen molar-refractivity contribution in [2.24, 2.45) is 5.10 Å². The molecule has 16 heavy (non-hydrogen) atoms. The highest BCUT2D eigenvalue weighted by Gasteiger charge is 1.99. The lowest BCUT2D eigenvalue weighted by Crippen LogP contribution is -2.09. The molecule has 2 rings (SSSR count). The van der Waals surface area contributed by atoms with Crippen molar-refractivity contribution < 1.29 is 0 Å². The smallest absolute Gasteiger partial charge is 0.153 e. The monoisotopic (exact) mass is 249 g/mol. The number of H-pyrrole nitrogens is 1. The van der Waals surface area contributed by atoms with E-state index in [2.05, 4.69) is 21.6 Å². The summed E-state index contributed by atoms with van der Waals surface area (Å²) >= 11 is 6.44. The number of hydrogen-bond acceptors (Lipinski definition) is 3. The number of hydrogen-bond donors (Lipinski definition) is 2. The molecule has 0 saturated carbocycles. The number of nitrogens with zero attached hydrogens (tertiary/aromatic N) is 1. The van der Waals surface area contributed by atoms with Crippen LogP contribution in [0.1, 0.15) is 5.56 Å². The van der Waals surface area contributed by atoms with E-state index in [0.29, 0.717) is 4.32 Å². The number of nitrogens with one attached hydrogen (secondary N) is 2. The third-order valence-corrected chi connectivity index (χ3v) is 3.22. The SMILES string of the molecule is CSC(=S)NN=Cc1c[nH]c2ccccc12. The van der Waals surface area contributed by atoms with E-state index in [1.807, 2.05) is 30.7 Å². The van der Waals surface area contributed by atoms with E-state index in [9.17, 15) is 0 Å². The Morgan fingerprint density at radius 3 is 3.12 bits per heavy atom. The number of hydrazone groups is 1. The molecule has 1 heterocycles. The minimum absolute atomic E-state index is 0.663. The van der Waals surface area contributed by atoms with Crippen LogP contribution >= 0.6 is 24.0 Å². The van der Waals surface area contributed by atoms with Gasteiger partial charge in [0.05, 0.1) is 6.21 Å². The molecule has 0 saturated heterocycles. The van der Waals surface area contributed by atoms with Crippen molar-refractivity contribution in [3.05, 3.63) is 36.0 Å². The molecule has 0 amide bonds. The molecule has 82 valence electrons. The van der Waals surface area contributed by atoms with Crippen LogP contribution in [-0.4, -0.2) is 21.8 Å². The Bertz CT molecular complexity index is 531. The fourth-order valence-electron chi connectivity index (χ4n) is 1.40. The number of aromatic amines is 1. The zero-order valence-corrected chi connectivity index (χ0v) is 10.4. The van der Waals surface area contributed by atoms with Crippen LogP contribution in [-0.2, 0) is 0 Å². The fraction of sp³-hybridized carbons (Fsp3) is 0.0909. The highest BCUT2D eigenvalue weighted by Crippen LogP contribution is 2.15. The lowest BCUT2D eigenvalue weighted by molar-refractivity contribution is 1.07. The number of thiocarbonyl (C=S) groups is 1. The first-order valence-corrected chi connectivity index (χ1v) is 6.37. The largest absolute Gasteiger partial charge is 0.361 e. The zero-order chi connectivity index (χ0) is 11.4. The van der Waals surface area contributed by atoms with Gasteiger partial charge in [0.25, 0.3) is 0 Å². The third kappa shape index (κ3) is 2.43. The van der Waals surface area contributed by atoms with Gasteiger partial charge >= 0.3 is 0 Å². The Morgan fingerprint density at radius 1 is 1.50 bits per heavy atom. The van der Waals surface area contributed by atoms with Crippen molar-refractivity contribution >= 4 is 45.4 Å². The minimum atomic E-state index is 0.663. The summed E-state index contributed by atoms with van der Waals surface area (Å²) in [6.07, 6.45) is 5.61. The van der Waals surface area contributed by atoms with Crippen LogP contribution in [0.4, 0.5) is 0 Å². The number of benzene rings is 1. The molecule has 2 aromatic rings. The van der Waals surface area contributed by atoms with Gasteiger partial charge in [0.15, 0.2) is 4.32 Å². The van der Waals surface area contributed by atoms with Crippen LogP contribution in [0, 0.1) is 0 Å². The van der Waals surface area contributed by atoms with Gasteiger partial charge in [-0.1, -0.05) is 42.2 Å². The van der Waals surface area contributed by atoms with Gasteiger partial charge in [-0.05, 0) is 12.3 Å². The van der Waals surface area contributed by atoms with E-state index in [1.54, 1.807) is 6.21 Å². The molecule has 2 N–H and O–H groups in total. The number of para-hydroxylation sites is 1. The van der Waals surface area contributed by atoms with Gasteiger partial charge in [0, 0.05) is 22.7 Å². The molecule has 1 aromatic heterocycles. The molecule has 1 aromatic carbocycles. The Kier molecular flexibility index (Phi) is 3.58. The summed E-state index contributed by atoms with van der Waals surface area (Å²) in [5.74, 6) is 0. The van der Waals surface area contributed by atoms with Crippen molar-refractivity contribution in [3.63, 3.8) is 0 Å². The predicted molar refractivity (Wildman–Crippen MR) is 75.1 cm³/mol. The van der Waals surface area contributed by atoms with E-state index in [1.165, 1.54) is 11.8 Å². The van der Waals surface area contributed by atoms with Crippen molar-refractivity contribution in [1.82, 2.24) is 10.4 Å². The quantitative estimate of drug-likeness (QED) is 0.488. The third-order valence-electron chi connectivity index (χ3n) is 2.17. The Balaban J connectivity index is 2.18. The molecule has 0 bridgehead atoms. The van der Waals surface area contributed by atoms with E-state index in [-0.39, 0.29) is 0 Å². The molecular weight excluding hydrogens is 238 g/mol. The lowest BCUT2D eigenvalue weighted by atomic mass is 10.2. The average molecular weight is 249 g/mol. The van der Waals surface area contributed by atoms with Crippen LogP contribution in [0.2, 0.25) is 0 Å². The van der Waals surface area contributed by atoms with Crippen LogP contribution in [0.15, 0.2) is 35.6 Å². The van der Waals surface area contributed by atoms with Crippen molar-refractivity contribution in [1.29, 1.82) is 0 Å². The maximum absolute atomic E-state index is 4.98. The summed E-state index contributed by atoms with van der Waals surface area (Å²) < 4.78 is 0.663. The molecule has 0 aliphatic heterocycles. The van der Waals surface area contributed by atoms with E-state index in [0.717, 1.165) is 16.5 Å². The molecule has 0 spiro atoms. The first-order valence-electron chi connectivity index (χ1n) is 4.74. The van der Waals surface area contributed by atoms with E-state index in [4.69, 9.17) is 12.2 Å². The van der Waals surface area contributed by atoms with Gasteiger partial charge in [-0.2, -0.15) is 5.10 Å². The molecule has 0 aliphatic rings. The molecule has 0 atom stereocenters. The summed E-state index contributed by atoms with van der Waals surface area (Å²) in [5.41, 5.74) is 4.94. The van der Waals surface area contributed by atoms with Gasteiger partial charge in [-0.3, -0.25) is 5.43 Å². The van der Waals surface area contributed by atoms with Crippen molar-refractivity contribution in [3.8, 4) is 0 Å². The minimum Gasteiger partial charge on any atom is -0.361 e. The van der Waals surface area contributed by atoms with Gasteiger partial charge < -0.3 is 4.98 Å². The molecule has 0 unspecified atom stereocenters. The van der Waals surface area contributed by atoms with Crippen LogP contribution in [0.25, 0.3) is 10.9 Å². The predicted octanol–water partition coefficient (Wildman–Crippen LogP) is 2.74. The Hall–Kier alpha value is -1.33. The maximum Gasteiger partial charge on any atom is 0.153 e. The molecule has 3 nitrogen and oxygen atoms in total. The second-order valence-corrected chi connectivity index (χ2v) is 4.63. The van der Waals surface area contributed by atoms with Gasteiger partial charge in [0.1, 0.15) is 0 Å². The number of fused-ring (bicyclic) bond motifs is 1. The Labute approximate surface area is 103 Å². The van der Waals surface area contributed by atoms with Gasteiger partial charge in [0.2, 0.25) is 0 Å². The second-order valence-electron chi connectivity index (χ2n) is 3.15. The highest BCUT2D eigenvalue weighted by atomic mass is 32.2. The summed E-state index contributed by atoms with van der Waals surface area (Å²) in [7, 11) is 0. The summed E-state index contributed by atoms with van der Waals surface area (Å²) in [6.45, 7) is 0. The normalized spacial score (nSPS) is 11.1. The molecule has 0 fully saturated rings. The van der Waals surface area contributed by atoms with Crippen molar-refractivity contribution in [2.45, 2.75) is 0 Å². The molecule has 0 aliphatic carbocycles. The maximum atomic E-state index is 4.98. The van der Waals surface area contributed by atoms with Crippen LogP contribution < -0.4 is 5.43 Å². The van der Waals surface area contributed by atoms with Gasteiger partial charge in [-0.15, -0.1) is 0 Å². The molecular formula is C11H11N3S2. The molecule has 5 heteroatoms. The number of thioether (sulfide) groups is 1. The summed E-state index contributed by atoms with van der Waals surface area (Å²) in [6, 6.07) is 8.10. The van der Waals surface area contributed by atoms with Crippen LogP contribution in [0.5, 0.6) is 0 Å².